The van der Waals surface area contributed by atoms with Gasteiger partial charge in [0.25, 0.3) is 0 Å². The monoisotopic (exact) mass is 229 g/mol. The number of hydrogen-bond donors (Lipinski definition) is 0. The minimum atomic E-state index is 0.751. The summed E-state index contributed by atoms with van der Waals surface area (Å²) in [6.07, 6.45) is 1.29. The average molecular weight is 229 g/mol. The SMILES string of the molecule is CCC(C)C(C)[N+](C)(C)CCN(CC)CC. The lowest BCUT2D eigenvalue weighted by atomic mass is 9.98. The second kappa shape index (κ2) is 7.29. The second-order valence-electron chi connectivity index (χ2n) is 5.66. The molecule has 0 saturated heterocycles. The second-order valence-corrected chi connectivity index (χ2v) is 5.66. The van der Waals surface area contributed by atoms with Gasteiger partial charge in [0, 0.05) is 12.5 Å². The van der Waals surface area contributed by atoms with E-state index in [2.05, 4.69) is 53.6 Å². The highest BCUT2D eigenvalue weighted by Gasteiger charge is 2.28. The largest absolute Gasteiger partial charge is 0.325 e. The van der Waals surface area contributed by atoms with Gasteiger partial charge in [0.15, 0.2) is 0 Å². The van der Waals surface area contributed by atoms with Crippen LogP contribution in [0.1, 0.15) is 41.0 Å². The van der Waals surface area contributed by atoms with Crippen molar-refractivity contribution in [1.82, 2.24) is 4.90 Å². The van der Waals surface area contributed by atoms with Crippen LogP contribution in [-0.2, 0) is 0 Å². The molecule has 0 amide bonds. The molecule has 16 heavy (non-hydrogen) atoms. The van der Waals surface area contributed by atoms with Crippen LogP contribution < -0.4 is 0 Å². The van der Waals surface area contributed by atoms with E-state index in [1.807, 2.05) is 0 Å². The molecular formula is C14H33N2+. The summed E-state index contributed by atoms with van der Waals surface area (Å²) in [6, 6.07) is 0.751. The summed E-state index contributed by atoms with van der Waals surface area (Å²) in [5, 5.41) is 0. The van der Waals surface area contributed by atoms with Crippen LogP contribution in [0.4, 0.5) is 0 Å². The molecule has 0 bridgehead atoms. The van der Waals surface area contributed by atoms with Crippen LogP contribution in [0.2, 0.25) is 0 Å². The molecule has 2 atom stereocenters. The van der Waals surface area contributed by atoms with Gasteiger partial charge in [-0.05, 0) is 26.4 Å². The van der Waals surface area contributed by atoms with Gasteiger partial charge in [-0.1, -0.05) is 27.7 Å². The van der Waals surface area contributed by atoms with Crippen molar-refractivity contribution in [2.24, 2.45) is 5.92 Å². The third-order valence-electron chi connectivity index (χ3n) is 4.46. The van der Waals surface area contributed by atoms with Crippen molar-refractivity contribution < 1.29 is 4.48 Å². The first kappa shape index (κ1) is 15.9. The molecule has 0 aromatic rings. The standard InChI is InChI=1S/C14H33N2/c1-8-13(4)14(5)16(6,7)12-11-15(9-2)10-3/h13-14H,8-12H2,1-7H3/q+1. The number of likely N-dealkylation sites (N-methyl/N-ethyl adjacent to an activating group) is 2. The molecule has 0 saturated carbocycles. The van der Waals surface area contributed by atoms with Gasteiger partial charge in [0.05, 0.1) is 26.7 Å². The van der Waals surface area contributed by atoms with Crippen LogP contribution in [0.3, 0.4) is 0 Å². The first-order chi connectivity index (χ1) is 7.38. The van der Waals surface area contributed by atoms with Crippen molar-refractivity contribution in [2.45, 2.75) is 47.1 Å². The Morgan fingerprint density at radius 1 is 1.00 bits per heavy atom. The lowest BCUT2D eigenvalue weighted by Gasteiger charge is -2.40. The molecule has 0 aromatic heterocycles. The molecular weight excluding hydrogens is 196 g/mol. The van der Waals surface area contributed by atoms with Gasteiger partial charge in [0.1, 0.15) is 0 Å². The summed E-state index contributed by atoms with van der Waals surface area (Å²) in [5.74, 6) is 0.812. The minimum Gasteiger partial charge on any atom is -0.325 e. The third-order valence-corrected chi connectivity index (χ3v) is 4.46. The van der Waals surface area contributed by atoms with Gasteiger partial charge in [-0.3, -0.25) is 4.90 Å². The van der Waals surface area contributed by atoms with E-state index < -0.39 is 0 Å². The van der Waals surface area contributed by atoms with Crippen molar-refractivity contribution in [3.05, 3.63) is 0 Å². The Morgan fingerprint density at radius 3 is 1.88 bits per heavy atom. The van der Waals surface area contributed by atoms with Gasteiger partial charge >= 0.3 is 0 Å². The Labute approximate surface area is 103 Å². The summed E-state index contributed by atoms with van der Waals surface area (Å²) in [7, 11) is 4.75. The van der Waals surface area contributed by atoms with Crippen LogP contribution in [0.5, 0.6) is 0 Å². The Bertz CT molecular complexity index is 174. The fourth-order valence-electron chi connectivity index (χ4n) is 2.17. The third kappa shape index (κ3) is 4.84. The van der Waals surface area contributed by atoms with Crippen molar-refractivity contribution in [1.29, 1.82) is 0 Å². The van der Waals surface area contributed by atoms with E-state index in [1.54, 1.807) is 0 Å². The molecule has 0 spiro atoms. The fraction of sp³-hybridized carbons (Fsp3) is 1.00. The summed E-state index contributed by atoms with van der Waals surface area (Å²) in [4.78, 5) is 2.52. The molecule has 0 aromatic carbocycles. The smallest absolute Gasteiger partial charge is 0.0913 e. The lowest BCUT2D eigenvalue weighted by Crippen LogP contribution is -2.53. The zero-order valence-electron chi connectivity index (χ0n) is 12.6. The van der Waals surface area contributed by atoms with Gasteiger partial charge in [-0.25, -0.2) is 0 Å². The molecule has 2 heteroatoms. The minimum absolute atomic E-state index is 0.751. The highest BCUT2D eigenvalue weighted by atomic mass is 15.3. The van der Waals surface area contributed by atoms with Crippen LogP contribution in [-0.4, -0.2) is 55.7 Å². The molecule has 98 valence electrons. The Morgan fingerprint density at radius 2 is 1.50 bits per heavy atom. The number of nitrogens with zero attached hydrogens (tertiary/aromatic N) is 2. The van der Waals surface area contributed by atoms with Gasteiger partial charge < -0.3 is 4.48 Å². The van der Waals surface area contributed by atoms with Gasteiger partial charge in [-0.2, -0.15) is 0 Å². The van der Waals surface area contributed by atoms with E-state index in [0.717, 1.165) is 16.4 Å². The number of quaternary nitrogens is 1. The normalized spacial score (nSPS) is 16.5. The molecule has 0 fully saturated rings. The Hall–Kier alpha value is -0.0800. The van der Waals surface area contributed by atoms with E-state index in [-0.39, 0.29) is 0 Å². The summed E-state index contributed by atoms with van der Waals surface area (Å²) in [5.41, 5.74) is 0. The predicted octanol–water partition coefficient (Wildman–Crippen LogP) is 2.84. The molecule has 2 unspecified atom stereocenters. The zero-order valence-corrected chi connectivity index (χ0v) is 12.6. The molecule has 0 heterocycles. The Balaban J connectivity index is 4.22. The topological polar surface area (TPSA) is 3.24 Å². The molecule has 0 aliphatic rings. The number of hydrogen-bond acceptors (Lipinski definition) is 1. The average Bonchev–Trinajstić information content (AvgIpc) is 2.28. The quantitative estimate of drug-likeness (QED) is 0.579. The first-order valence-electron chi connectivity index (χ1n) is 6.94. The lowest BCUT2D eigenvalue weighted by molar-refractivity contribution is -0.916. The van der Waals surface area contributed by atoms with E-state index in [0.29, 0.717) is 0 Å². The zero-order chi connectivity index (χ0) is 12.8. The fourth-order valence-corrected chi connectivity index (χ4v) is 2.17. The Kier molecular flexibility index (Phi) is 7.25. The van der Waals surface area contributed by atoms with Crippen molar-refractivity contribution in [2.75, 3.05) is 40.3 Å². The molecule has 0 aliphatic heterocycles. The number of rotatable bonds is 8. The van der Waals surface area contributed by atoms with Crippen LogP contribution in [0, 0.1) is 5.92 Å². The van der Waals surface area contributed by atoms with Crippen LogP contribution >= 0.6 is 0 Å². The maximum atomic E-state index is 2.52. The maximum absolute atomic E-state index is 2.52. The highest BCUT2D eigenvalue weighted by Crippen LogP contribution is 2.18. The maximum Gasteiger partial charge on any atom is 0.0913 e. The highest BCUT2D eigenvalue weighted by molar-refractivity contribution is 4.61. The van der Waals surface area contributed by atoms with E-state index in [1.165, 1.54) is 32.6 Å². The van der Waals surface area contributed by atoms with Gasteiger partial charge in [0.2, 0.25) is 0 Å². The first-order valence-corrected chi connectivity index (χ1v) is 6.94. The summed E-state index contributed by atoms with van der Waals surface area (Å²) < 4.78 is 1.14. The predicted molar refractivity (Wildman–Crippen MR) is 73.7 cm³/mol. The van der Waals surface area contributed by atoms with Crippen molar-refractivity contribution >= 4 is 0 Å². The molecule has 2 nitrogen and oxygen atoms in total. The molecule has 0 radical (unpaired) electrons. The van der Waals surface area contributed by atoms with Gasteiger partial charge in [-0.15, -0.1) is 0 Å². The van der Waals surface area contributed by atoms with Crippen molar-refractivity contribution in [3.8, 4) is 0 Å². The summed E-state index contributed by atoms with van der Waals surface area (Å²) >= 11 is 0. The molecule has 0 rings (SSSR count). The summed E-state index contributed by atoms with van der Waals surface area (Å²) in [6.45, 7) is 16.4. The molecule has 0 N–H and O–H groups in total. The van der Waals surface area contributed by atoms with E-state index in [4.69, 9.17) is 0 Å². The van der Waals surface area contributed by atoms with E-state index >= 15 is 0 Å². The van der Waals surface area contributed by atoms with Crippen LogP contribution in [0.25, 0.3) is 0 Å². The van der Waals surface area contributed by atoms with Crippen molar-refractivity contribution in [3.63, 3.8) is 0 Å². The molecule has 0 aliphatic carbocycles. The van der Waals surface area contributed by atoms with Crippen LogP contribution in [0.15, 0.2) is 0 Å². The van der Waals surface area contributed by atoms with E-state index in [9.17, 15) is 0 Å².